The summed E-state index contributed by atoms with van der Waals surface area (Å²) in [4.78, 5) is 13.9. The van der Waals surface area contributed by atoms with Gasteiger partial charge in [-0.2, -0.15) is 0 Å². The van der Waals surface area contributed by atoms with Gasteiger partial charge in [0.2, 0.25) is 0 Å². The molecule has 1 aromatic carbocycles. The normalized spacial score (nSPS) is 10.5. The minimum Gasteiger partial charge on any atom is -0.504 e. The Morgan fingerprint density at radius 2 is 2.17 bits per heavy atom. The molecular formula is C13H20N2O3. The van der Waals surface area contributed by atoms with Gasteiger partial charge in [-0.25, -0.2) is 0 Å². The number of benzene rings is 1. The monoisotopic (exact) mass is 252 g/mol. The summed E-state index contributed by atoms with van der Waals surface area (Å²) in [6, 6.07) is 4.67. The van der Waals surface area contributed by atoms with Crippen LogP contribution >= 0.6 is 0 Å². The van der Waals surface area contributed by atoms with E-state index in [-0.39, 0.29) is 17.7 Å². The molecule has 0 saturated heterocycles. The standard InChI is InChI=1S/C13H20N2O3/c1-9(2)15(7-6-14)13(17)10-4-5-12(18-3)11(16)8-10/h4-5,8-9,16H,6-7,14H2,1-3H3. The van der Waals surface area contributed by atoms with Gasteiger partial charge in [-0.3, -0.25) is 4.79 Å². The number of hydrogen-bond donors (Lipinski definition) is 2. The number of phenols is 1. The maximum Gasteiger partial charge on any atom is 0.254 e. The average Bonchev–Trinajstić information content (AvgIpc) is 2.34. The molecule has 0 aliphatic rings. The van der Waals surface area contributed by atoms with Gasteiger partial charge in [0.1, 0.15) is 0 Å². The third-order valence-electron chi connectivity index (χ3n) is 2.68. The van der Waals surface area contributed by atoms with E-state index in [4.69, 9.17) is 10.5 Å². The van der Waals surface area contributed by atoms with Gasteiger partial charge in [0, 0.05) is 24.7 Å². The average molecular weight is 252 g/mol. The lowest BCUT2D eigenvalue weighted by Gasteiger charge is -2.26. The molecule has 0 heterocycles. The highest BCUT2D eigenvalue weighted by atomic mass is 16.5. The lowest BCUT2D eigenvalue weighted by atomic mass is 10.1. The predicted octanol–water partition coefficient (Wildman–Crippen LogP) is 1.21. The Morgan fingerprint density at radius 1 is 1.50 bits per heavy atom. The minimum atomic E-state index is -0.145. The summed E-state index contributed by atoms with van der Waals surface area (Å²) in [5.74, 6) is 0.162. The molecule has 3 N–H and O–H groups in total. The maximum atomic E-state index is 12.2. The zero-order valence-electron chi connectivity index (χ0n) is 11.0. The van der Waals surface area contributed by atoms with E-state index < -0.39 is 0 Å². The molecule has 0 atom stereocenters. The number of hydrogen-bond acceptors (Lipinski definition) is 4. The number of nitrogens with zero attached hydrogens (tertiary/aromatic N) is 1. The number of carbonyl (C=O) groups is 1. The minimum absolute atomic E-state index is 0.0418. The topological polar surface area (TPSA) is 75.8 Å². The van der Waals surface area contributed by atoms with Crippen molar-refractivity contribution in [3.05, 3.63) is 23.8 Å². The van der Waals surface area contributed by atoms with Crippen molar-refractivity contribution in [2.75, 3.05) is 20.2 Å². The lowest BCUT2D eigenvalue weighted by molar-refractivity contribution is 0.0711. The van der Waals surface area contributed by atoms with Gasteiger partial charge in [0.15, 0.2) is 11.5 Å². The highest BCUT2D eigenvalue weighted by Crippen LogP contribution is 2.26. The van der Waals surface area contributed by atoms with Crippen LogP contribution in [0.2, 0.25) is 0 Å². The second kappa shape index (κ2) is 6.26. The SMILES string of the molecule is COc1ccc(C(=O)N(CCN)C(C)C)cc1O. The first-order valence-corrected chi connectivity index (χ1v) is 5.89. The van der Waals surface area contributed by atoms with E-state index in [1.165, 1.54) is 13.2 Å². The van der Waals surface area contributed by atoms with Crippen LogP contribution in [0, 0.1) is 0 Å². The van der Waals surface area contributed by atoms with Gasteiger partial charge >= 0.3 is 0 Å². The largest absolute Gasteiger partial charge is 0.504 e. The van der Waals surface area contributed by atoms with E-state index in [0.717, 1.165) is 0 Å². The first-order chi connectivity index (χ1) is 8.51. The van der Waals surface area contributed by atoms with E-state index in [9.17, 15) is 9.90 Å². The molecule has 0 saturated carbocycles. The highest BCUT2D eigenvalue weighted by Gasteiger charge is 2.19. The molecule has 0 radical (unpaired) electrons. The molecule has 0 bridgehead atoms. The molecule has 1 amide bonds. The van der Waals surface area contributed by atoms with E-state index in [0.29, 0.717) is 24.4 Å². The van der Waals surface area contributed by atoms with Crippen LogP contribution in [0.25, 0.3) is 0 Å². The highest BCUT2D eigenvalue weighted by molar-refractivity contribution is 5.95. The summed E-state index contributed by atoms with van der Waals surface area (Å²) < 4.78 is 4.94. The first kappa shape index (κ1) is 14.3. The number of amides is 1. The van der Waals surface area contributed by atoms with Crippen LogP contribution in [0.5, 0.6) is 11.5 Å². The quantitative estimate of drug-likeness (QED) is 0.826. The molecular weight excluding hydrogens is 232 g/mol. The van der Waals surface area contributed by atoms with Crippen molar-refractivity contribution in [2.24, 2.45) is 5.73 Å². The van der Waals surface area contributed by atoms with Crippen molar-refractivity contribution >= 4 is 5.91 Å². The maximum absolute atomic E-state index is 12.2. The van der Waals surface area contributed by atoms with E-state index in [2.05, 4.69) is 0 Å². The zero-order valence-corrected chi connectivity index (χ0v) is 11.0. The molecule has 5 nitrogen and oxygen atoms in total. The third-order valence-corrected chi connectivity index (χ3v) is 2.68. The van der Waals surface area contributed by atoms with Gasteiger partial charge < -0.3 is 20.5 Å². The molecule has 18 heavy (non-hydrogen) atoms. The van der Waals surface area contributed by atoms with Gasteiger partial charge in [-0.05, 0) is 32.0 Å². The van der Waals surface area contributed by atoms with Crippen LogP contribution in [-0.2, 0) is 0 Å². The number of phenolic OH excluding ortho intramolecular Hbond substituents is 1. The first-order valence-electron chi connectivity index (χ1n) is 5.89. The van der Waals surface area contributed by atoms with E-state index in [1.807, 2.05) is 13.8 Å². The summed E-state index contributed by atoms with van der Waals surface area (Å²) >= 11 is 0. The Bertz CT molecular complexity index is 419. The van der Waals surface area contributed by atoms with Crippen LogP contribution in [0.1, 0.15) is 24.2 Å². The Kier molecular flexibility index (Phi) is 4.97. The van der Waals surface area contributed by atoms with Crippen molar-refractivity contribution in [2.45, 2.75) is 19.9 Å². The van der Waals surface area contributed by atoms with Gasteiger partial charge in [0.25, 0.3) is 5.91 Å². The molecule has 0 spiro atoms. The number of nitrogens with two attached hydrogens (primary N) is 1. The predicted molar refractivity (Wildman–Crippen MR) is 69.9 cm³/mol. The molecule has 0 fully saturated rings. The number of ether oxygens (including phenoxy) is 1. The van der Waals surface area contributed by atoms with Crippen molar-refractivity contribution in [1.29, 1.82) is 0 Å². The number of aromatic hydroxyl groups is 1. The summed E-state index contributed by atoms with van der Waals surface area (Å²) in [5, 5.41) is 9.67. The van der Waals surface area contributed by atoms with Gasteiger partial charge in [-0.15, -0.1) is 0 Å². The van der Waals surface area contributed by atoms with Crippen LogP contribution in [0.3, 0.4) is 0 Å². The molecule has 100 valence electrons. The van der Waals surface area contributed by atoms with E-state index >= 15 is 0 Å². The Balaban J connectivity index is 2.98. The Labute approximate surface area is 107 Å². The van der Waals surface area contributed by atoms with Crippen molar-refractivity contribution in [3.8, 4) is 11.5 Å². The smallest absolute Gasteiger partial charge is 0.254 e. The Hall–Kier alpha value is -1.75. The molecule has 5 heteroatoms. The van der Waals surface area contributed by atoms with Crippen LogP contribution in [-0.4, -0.2) is 42.2 Å². The van der Waals surface area contributed by atoms with Gasteiger partial charge in [-0.1, -0.05) is 0 Å². The number of methoxy groups -OCH3 is 1. The second-order valence-corrected chi connectivity index (χ2v) is 4.27. The van der Waals surface area contributed by atoms with Crippen molar-refractivity contribution in [3.63, 3.8) is 0 Å². The molecule has 0 aliphatic carbocycles. The second-order valence-electron chi connectivity index (χ2n) is 4.27. The molecule has 0 aromatic heterocycles. The molecule has 1 aromatic rings. The van der Waals surface area contributed by atoms with Crippen molar-refractivity contribution in [1.82, 2.24) is 4.90 Å². The number of rotatable bonds is 5. The third kappa shape index (κ3) is 3.13. The fourth-order valence-electron chi connectivity index (χ4n) is 1.72. The number of carbonyl (C=O) groups excluding carboxylic acids is 1. The van der Waals surface area contributed by atoms with Crippen LogP contribution in [0.15, 0.2) is 18.2 Å². The lowest BCUT2D eigenvalue weighted by Crippen LogP contribution is -2.40. The van der Waals surface area contributed by atoms with E-state index in [1.54, 1.807) is 17.0 Å². The summed E-state index contributed by atoms with van der Waals surface area (Å²) in [7, 11) is 1.46. The fourth-order valence-corrected chi connectivity index (χ4v) is 1.72. The van der Waals surface area contributed by atoms with Crippen LogP contribution < -0.4 is 10.5 Å². The Morgan fingerprint density at radius 3 is 2.61 bits per heavy atom. The molecule has 0 unspecified atom stereocenters. The summed E-state index contributed by atoms with van der Waals surface area (Å²) in [6.45, 7) is 4.75. The van der Waals surface area contributed by atoms with Gasteiger partial charge in [0.05, 0.1) is 7.11 Å². The van der Waals surface area contributed by atoms with Crippen LogP contribution in [0.4, 0.5) is 0 Å². The van der Waals surface area contributed by atoms with Crippen molar-refractivity contribution < 1.29 is 14.6 Å². The summed E-state index contributed by atoms with van der Waals surface area (Å²) in [6.07, 6.45) is 0. The summed E-state index contributed by atoms with van der Waals surface area (Å²) in [5.41, 5.74) is 5.92. The molecule has 0 aliphatic heterocycles. The fraction of sp³-hybridized carbons (Fsp3) is 0.462. The molecule has 1 rings (SSSR count). The zero-order chi connectivity index (χ0) is 13.7.